The number of terminal acetylenes is 1. The van der Waals surface area contributed by atoms with E-state index in [4.69, 9.17) is 25.4 Å². The van der Waals surface area contributed by atoms with E-state index in [1.807, 2.05) is 91.0 Å². The van der Waals surface area contributed by atoms with Crippen LogP contribution in [0.2, 0.25) is 0 Å². The molecule has 3 aromatic carbocycles. The molecule has 0 aliphatic carbocycles. The highest BCUT2D eigenvalue weighted by Gasteiger charge is 2.48. The van der Waals surface area contributed by atoms with Crippen LogP contribution in [0.4, 0.5) is 0 Å². The monoisotopic (exact) mass is 552 g/mol. The van der Waals surface area contributed by atoms with Gasteiger partial charge in [0.05, 0.1) is 26.4 Å². The maximum absolute atomic E-state index is 13.7. The zero-order valence-corrected chi connectivity index (χ0v) is 22.6. The highest BCUT2D eigenvalue weighted by atomic mass is 16.6. The predicted molar refractivity (Wildman–Crippen MR) is 154 cm³/mol. The molecule has 0 N–H and O–H groups in total. The summed E-state index contributed by atoms with van der Waals surface area (Å²) >= 11 is 0. The molecule has 8 heteroatoms. The lowest BCUT2D eigenvalue weighted by Crippen LogP contribution is -2.44. The zero-order chi connectivity index (χ0) is 28.4. The molecule has 0 saturated carbocycles. The van der Waals surface area contributed by atoms with Crippen molar-refractivity contribution in [2.24, 2.45) is 0 Å². The van der Waals surface area contributed by atoms with E-state index in [9.17, 15) is 9.59 Å². The van der Waals surface area contributed by atoms with Crippen LogP contribution in [0.1, 0.15) is 22.9 Å². The van der Waals surface area contributed by atoms with Crippen molar-refractivity contribution in [2.45, 2.75) is 44.3 Å². The Morgan fingerprint density at radius 2 is 1.32 bits per heavy atom. The summed E-state index contributed by atoms with van der Waals surface area (Å²) in [5, 5.41) is 0. The van der Waals surface area contributed by atoms with Crippen molar-refractivity contribution < 1.29 is 18.9 Å². The molecule has 0 amide bonds. The van der Waals surface area contributed by atoms with Gasteiger partial charge in [-0.25, -0.2) is 4.79 Å². The summed E-state index contributed by atoms with van der Waals surface area (Å²) in [5.41, 5.74) is 1.86. The minimum Gasteiger partial charge on any atom is -0.368 e. The van der Waals surface area contributed by atoms with Crippen LogP contribution in [0, 0.1) is 12.3 Å². The lowest BCUT2D eigenvalue weighted by molar-refractivity contribution is -0.0919. The average Bonchev–Trinajstić information content (AvgIpc) is 3.35. The summed E-state index contributed by atoms with van der Waals surface area (Å²) in [5.74, 6) is 2.47. The molecule has 0 radical (unpaired) electrons. The first kappa shape index (κ1) is 28.3. The summed E-state index contributed by atoms with van der Waals surface area (Å²) in [6.45, 7) is 0.953. The third-order valence-electron chi connectivity index (χ3n) is 6.88. The Morgan fingerprint density at radius 1 is 0.756 bits per heavy atom. The molecule has 4 atom stereocenters. The number of hydrogen-bond donors (Lipinski definition) is 0. The highest BCUT2D eigenvalue weighted by Crippen LogP contribution is 2.34. The molecule has 1 saturated heterocycles. The molecule has 41 heavy (non-hydrogen) atoms. The second-order valence-corrected chi connectivity index (χ2v) is 9.72. The van der Waals surface area contributed by atoms with Crippen LogP contribution < -0.4 is 11.2 Å². The lowest BCUT2D eigenvalue weighted by atomic mass is 10.1. The largest absolute Gasteiger partial charge is 0.368 e. The molecule has 1 aliphatic rings. The number of hydrogen-bond acceptors (Lipinski definition) is 6. The standard InChI is InChI=1S/C33H32N2O6/c1-2-20-38-24-28-30(39-22-26-14-8-4-9-15-26)31(40-23-27-16-10-5-11-17-27)32(41-28)34-19-18-29(36)35(33(34)37)21-25-12-6-3-7-13-25/h1,3-19,28,30-32H,20-24H2/t28-,30?,31?,32-/m1/s1. The van der Waals surface area contributed by atoms with Crippen molar-refractivity contribution in [3.05, 3.63) is 141 Å². The van der Waals surface area contributed by atoms with Crippen LogP contribution >= 0.6 is 0 Å². The molecule has 5 rings (SSSR count). The van der Waals surface area contributed by atoms with Gasteiger partial charge in [-0.2, -0.15) is 0 Å². The van der Waals surface area contributed by atoms with Gasteiger partial charge in [-0.3, -0.25) is 13.9 Å². The van der Waals surface area contributed by atoms with Crippen LogP contribution in [0.3, 0.4) is 0 Å². The Labute approximate surface area is 238 Å². The highest BCUT2D eigenvalue weighted by molar-refractivity contribution is 5.16. The first-order valence-corrected chi connectivity index (χ1v) is 13.5. The lowest BCUT2D eigenvalue weighted by Gasteiger charge is -2.26. The Bertz CT molecular complexity index is 1550. The maximum atomic E-state index is 13.7. The Balaban J connectivity index is 1.49. The van der Waals surface area contributed by atoms with Crippen molar-refractivity contribution in [3.63, 3.8) is 0 Å². The van der Waals surface area contributed by atoms with E-state index >= 15 is 0 Å². The molecule has 2 heterocycles. The quantitative estimate of drug-likeness (QED) is 0.197. The van der Waals surface area contributed by atoms with Gasteiger partial charge in [0.2, 0.25) is 0 Å². The first-order valence-electron chi connectivity index (χ1n) is 13.5. The van der Waals surface area contributed by atoms with Crippen LogP contribution in [-0.2, 0) is 38.7 Å². The van der Waals surface area contributed by atoms with Crippen LogP contribution in [0.5, 0.6) is 0 Å². The molecule has 210 valence electrons. The molecule has 8 nitrogen and oxygen atoms in total. The zero-order valence-electron chi connectivity index (χ0n) is 22.6. The molecular formula is C33H32N2O6. The molecule has 1 aliphatic heterocycles. The average molecular weight is 553 g/mol. The SMILES string of the molecule is C#CCOC[C@H]1O[C@@H](n2ccc(=O)n(Cc3ccccc3)c2=O)C(OCc2ccccc2)C1OCc1ccccc1. The van der Waals surface area contributed by atoms with Crippen molar-refractivity contribution in [1.29, 1.82) is 0 Å². The Hall–Kier alpha value is -4.26. The molecule has 0 spiro atoms. The normalized spacial score (nSPS) is 20.1. The van der Waals surface area contributed by atoms with Crippen LogP contribution in [-0.4, -0.2) is 40.7 Å². The summed E-state index contributed by atoms with van der Waals surface area (Å²) in [6, 6.07) is 30.2. The fourth-order valence-corrected chi connectivity index (χ4v) is 4.85. The maximum Gasteiger partial charge on any atom is 0.333 e. The number of rotatable bonds is 12. The second kappa shape index (κ2) is 13.9. The van der Waals surface area contributed by atoms with Gasteiger partial charge in [0.15, 0.2) is 6.23 Å². The van der Waals surface area contributed by atoms with Gasteiger partial charge < -0.3 is 18.9 Å². The van der Waals surface area contributed by atoms with E-state index in [0.29, 0.717) is 6.61 Å². The third-order valence-corrected chi connectivity index (χ3v) is 6.88. The topological polar surface area (TPSA) is 80.9 Å². The smallest absolute Gasteiger partial charge is 0.333 e. The summed E-state index contributed by atoms with van der Waals surface area (Å²) in [7, 11) is 0. The summed E-state index contributed by atoms with van der Waals surface area (Å²) < 4.78 is 27.5. The van der Waals surface area contributed by atoms with E-state index in [-0.39, 0.29) is 26.4 Å². The van der Waals surface area contributed by atoms with Gasteiger partial charge in [0.25, 0.3) is 5.56 Å². The van der Waals surface area contributed by atoms with Gasteiger partial charge in [-0.1, -0.05) is 96.9 Å². The number of aromatic nitrogens is 2. The first-order chi connectivity index (χ1) is 20.1. The minimum atomic E-state index is -0.881. The van der Waals surface area contributed by atoms with Crippen LogP contribution in [0.25, 0.3) is 0 Å². The molecular weight excluding hydrogens is 520 g/mol. The third kappa shape index (κ3) is 7.09. The fraction of sp³-hybridized carbons (Fsp3) is 0.273. The minimum absolute atomic E-state index is 0.105. The number of benzene rings is 3. The number of nitrogens with zero attached hydrogens (tertiary/aromatic N) is 2. The molecule has 1 fully saturated rings. The van der Waals surface area contributed by atoms with Crippen molar-refractivity contribution >= 4 is 0 Å². The molecule has 2 unspecified atom stereocenters. The van der Waals surface area contributed by atoms with Gasteiger partial charge in [-0.15, -0.1) is 6.42 Å². The predicted octanol–water partition coefficient (Wildman–Crippen LogP) is 3.78. The second-order valence-electron chi connectivity index (χ2n) is 9.72. The fourth-order valence-electron chi connectivity index (χ4n) is 4.85. The van der Waals surface area contributed by atoms with E-state index in [0.717, 1.165) is 16.7 Å². The molecule has 4 aromatic rings. The summed E-state index contributed by atoms with van der Waals surface area (Å²) in [6.07, 6.45) is 4.10. The van der Waals surface area contributed by atoms with Gasteiger partial charge in [0, 0.05) is 12.3 Å². The van der Waals surface area contributed by atoms with Crippen molar-refractivity contribution in [2.75, 3.05) is 13.2 Å². The molecule has 0 bridgehead atoms. The van der Waals surface area contributed by atoms with Crippen molar-refractivity contribution in [3.8, 4) is 12.3 Å². The van der Waals surface area contributed by atoms with E-state index in [1.165, 1.54) is 21.4 Å². The van der Waals surface area contributed by atoms with Gasteiger partial charge in [-0.05, 0) is 16.7 Å². The van der Waals surface area contributed by atoms with Crippen molar-refractivity contribution in [1.82, 2.24) is 9.13 Å². The van der Waals surface area contributed by atoms with E-state index in [1.54, 1.807) is 0 Å². The Morgan fingerprint density at radius 3 is 1.90 bits per heavy atom. The van der Waals surface area contributed by atoms with E-state index < -0.39 is 35.8 Å². The molecule has 1 aromatic heterocycles. The van der Waals surface area contributed by atoms with Gasteiger partial charge >= 0.3 is 5.69 Å². The van der Waals surface area contributed by atoms with Gasteiger partial charge in [0.1, 0.15) is 24.9 Å². The Kier molecular flexibility index (Phi) is 9.57. The van der Waals surface area contributed by atoms with Crippen LogP contribution in [0.15, 0.2) is 113 Å². The number of ether oxygens (including phenoxy) is 4. The van der Waals surface area contributed by atoms with E-state index in [2.05, 4.69) is 5.92 Å². The summed E-state index contributed by atoms with van der Waals surface area (Å²) in [4.78, 5) is 26.5.